The SMILES string of the molecule is C1=NSNC1.c1ccc2c(c1)ccc1c3c(ccc12)CCCC3. The summed E-state index contributed by atoms with van der Waals surface area (Å²) >= 11 is 1.39. The van der Waals surface area contributed by atoms with Crippen molar-refractivity contribution in [1.29, 1.82) is 0 Å². The van der Waals surface area contributed by atoms with Crippen molar-refractivity contribution in [3.8, 4) is 0 Å². The monoisotopic (exact) mass is 320 g/mol. The van der Waals surface area contributed by atoms with Gasteiger partial charge in [0.05, 0.1) is 12.1 Å². The van der Waals surface area contributed by atoms with Gasteiger partial charge in [-0.15, -0.1) is 0 Å². The van der Waals surface area contributed by atoms with Crippen LogP contribution in [0.4, 0.5) is 0 Å². The quantitative estimate of drug-likeness (QED) is 0.460. The Kier molecular flexibility index (Phi) is 4.31. The van der Waals surface area contributed by atoms with Crippen LogP contribution in [-0.4, -0.2) is 12.8 Å². The van der Waals surface area contributed by atoms with Gasteiger partial charge in [-0.05, 0) is 58.4 Å². The topological polar surface area (TPSA) is 24.4 Å². The van der Waals surface area contributed by atoms with E-state index < -0.39 is 0 Å². The van der Waals surface area contributed by atoms with Crippen LogP contribution in [-0.2, 0) is 12.8 Å². The van der Waals surface area contributed by atoms with Gasteiger partial charge < -0.3 is 0 Å². The van der Waals surface area contributed by atoms with E-state index in [2.05, 4.69) is 57.7 Å². The number of benzene rings is 3. The Labute approximate surface area is 141 Å². The molecule has 2 aliphatic rings. The van der Waals surface area contributed by atoms with E-state index in [-0.39, 0.29) is 0 Å². The fourth-order valence-electron chi connectivity index (χ4n) is 3.53. The number of fused-ring (bicyclic) bond motifs is 5. The Bertz CT molecular complexity index is 864. The number of hydrogen-bond donors (Lipinski definition) is 1. The molecule has 1 heterocycles. The first-order valence-corrected chi connectivity index (χ1v) is 9.04. The molecule has 2 nitrogen and oxygen atoms in total. The Hall–Kier alpha value is -1.84. The van der Waals surface area contributed by atoms with E-state index in [1.54, 1.807) is 11.1 Å². The maximum Gasteiger partial charge on any atom is 0.0586 e. The summed E-state index contributed by atoms with van der Waals surface area (Å²) < 4.78 is 6.68. The Balaban J connectivity index is 0.000000233. The Morgan fingerprint density at radius 2 is 1.70 bits per heavy atom. The Morgan fingerprint density at radius 3 is 2.52 bits per heavy atom. The van der Waals surface area contributed by atoms with Gasteiger partial charge in [-0.25, -0.2) is 9.12 Å². The normalized spacial score (nSPS) is 16.2. The third kappa shape index (κ3) is 2.99. The van der Waals surface area contributed by atoms with Crippen LogP contribution in [0.2, 0.25) is 0 Å². The van der Waals surface area contributed by atoms with Crippen LogP contribution in [0.15, 0.2) is 52.9 Å². The van der Waals surface area contributed by atoms with Crippen LogP contribution in [0.25, 0.3) is 21.5 Å². The van der Waals surface area contributed by atoms with Crippen LogP contribution in [0, 0.1) is 0 Å². The molecule has 3 aromatic carbocycles. The molecule has 1 N–H and O–H groups in total. The summed E-state index contributed by atoms with van der Waals surface area (Å²) in [5.74, 6) is 0. The molecule has 0 bridgehead atoms. The third-order valence-electron chi connectivity index (χ3n) is 4.62. The molecule has 0 spiro atoms. The van der Waals surface area contributed by atoms with E-state index in [0.29, 0.717) is 0 Å². The number of rotatable bonds is 0. The third-order valence-corrected chi connectivity index (χ3v) is 5.17. The lowest BCUT2D eigenvalue weighted by Gasteiger charge is -2.18. The minimum absolute atomic E-state index is 0.921. The molecular formula is C20H20N2S. The number of hydrogen-bond acceptors (Lipinski definition) is 3. The first kappa shape index (κ1) is 14.7. The lowest BCUT2D eigenvalue weighted by Crippen LogP contribution is -2.02. The van der Waals surface area contributed by atoms with Crippen molar-refractivity contribution in [1.82, 2.24) is 4.72 Å². The Morgan fingerprint density at radius 1 is 0.826 bits per heavy atom. The van der Waals surface area contributed by atoms with Gasteiger partial charge in [-0.2, -0.15) is 0 Å². The van der Waals surface area contributed by atoms with Crippen molar-refractivity contribution in [2.24, 2.45) is 4.40 Å². The molecule has 0 amide bonds. The highest BCUT2D eigenvalue weighted by Gasteiger charge is 2.13. The van der Waals surface area contributed by atoms with Gasteiger partial charge in [0.1, 0.15) is 0 Å². The van der Waals surface area contributed by atoms with E-state index in [1.165, 1.54) is 59.4 Å². The van der Waals surface area contributed by atoms with Gasteiger partial charge in [0.15, 0.2) is 0 Å². The summed E-state index contributed by atoms with van der Waals surface area (Å²) in [6.07, 6.45) is 7.05. The summed E-state index contributed by atoms with van der Waals surface area (Å²) in [5, 5.41) is 5.64. The zero-order chi connectivity index (χ0) is 15.5. The van der Waals surface area contributed by atoms with Crippen LogP contribution in [0.5, 0.6) is 0 Å². The average Bonchev–Trinajstić information content (AvgIpc) is 3.21. The fraction of sp³-hybridized carbons (Fsp3) is 0.250. The molecule has 1 aliphatic heterocycles. The minimum atomic E-state index is 0.921. The molecule has 0 radical (unpaired) electrons. The predicted molar refractivity (Wildman–Crippen MR) is 102 cm³/mol. The molecule has 0 saturated heterocycles. The lowest BCUT2D eigenvalue weighted by atomic mass is 9.86. The highest BCUT2D eigenvalue weighted by atomic mass is 32.2. The molecule has 0 atom stereocenters. The molecular weight excluding hydrogens is 300 g/mol. The molecule has 0 saturated carbocycles. The molecule has 116 valence electrons. The molecule has 1 aliphatic carbocycles. The molecule has 0 aromatic heterocycles. The molecule has 0 unspecified atom stereocenters. The predicted octanol–water partition coefficient (Wildman–Crippen LogP) is 5.10. The number of nitrogens with one attached hydrogen (secondary N) is 1. The summed E-state index contributed by atoms with van der Waals surface area (Å²) in [7, 11) is 0. The van der Waals surface area contributed by atoms with Crippen LogP contribution < -0.4 is 4.72 Å². The smallest absolute Gasteiger partial charge is 0.0586 e. The van der Waals surface area contributed by atoms with Crippen LogP contribution in [0.1, 0.15) is 24.0 Å². The van der Waals surface area contributed by atoms with Gasteiger partial charge in [-0.1, -0.05) is 48.5 Å². The zero-order valence-electron chi connectivity index (χ0n) is 13.1. The molecule has 3 heteroatoms. The fourth-order valence-corrected chi connectivity index (χ4v) is 3.90. The van der Waals surface area contributed by atoms with Crippen molar-refractivity contribution in [2.75, 3.05) is 6.54 Å². The molecule has 23 heavy (non-hydrogen) atoms. The van der Waals surface area contributed by atoms with Gasteiger partial charge in [0.2, 0.25) is 0 Å². The van der Waals surface area contributed by atoms with Crippen LogP contribution >= 0.6 is 12.1 Å². The molecule has 3 aromatic rings. The van der Waals surface area contributed by atoms with E-state index >= 15 is 0 Å². The molecule has 5 rings (SSSR count). The van der Waals surface area contributed by atoms with E-state index in [9.17, 15) is 0 Å². The van der Waals surface area contributed by atoms with Gasteiger partial charge >= 0.3 is 0 Å². The number of aryl methyl sites for hydroxylation is 2. The van der Waals surface area contributed by atoms with E-state index in [4.69, 9.17) is 0 Å². The minimum Gasteiger partial charge on any atom is -0.239 e. The second kappa shape index (κ2) is 6.73. The largest absolute Gasteiger partial charge is 0.239 e. The lowest BCUT2D eigenvalue weighted by molar-refractivity contribution is 0.690. The van der Waals surface area contributed by atoms with Crippen LogP contribution in [0.3, 0.4) is 0 Å². The van der Waals surface area contributed by atoms with E-state index in [0.717, 1.165) is 6.54 Å². The second-order valence-electron chi connectivity index (χ2n) is 6.02. The maximum atomic E-state index is 3.76. The van der Waals surface area contributed by atoms with Crippen molar-refractivity contribution >= 4 is 39.9 Å². The van der Waals surface area contributed by atoms with Crippen molar-refractivity contribution in [2.45, 2.75) is 25.7 Å². The zero-order valence-corrected chi connectivity index (χ0v) is 13.9. The first-order chi connectivity index (χ1) is 11.4. The second-order valence-corrected chi connectivity index (χ2v) is 6.70. The van der Waals surface area contributed by atoms with Gasteiger partial charge in [0, 0.05) is 12.8 Å². The summed E-state index contributed by atoms with van der Waals surface area (Å²) in [5.41, 5.74) is 3.17. The highest BCUT2D eigenvalue weighted by molar-refractivity contribution is 7.96. The summed E-state index contributed by atoms with van der Waals surface area (Å²) in [6, 6.07) is 18.0. The van der Waals surface area contributed by atoms with Crippen molar-refractivity contribution in [3.05, 3.63) is 59.7 Å². The van der Waals surface area contributed by atoms with Crippen molar-refractivity contribution < 1.29 is 0 Å². The summed E-state index contributed by atoms with van der Waals surface area (Å²) in [6.45, 7) is 0.921. The van der Waals surface area contributed by atoms with E-state index in [1.807, 2.05) is 6.21 Å². The average molecular weight is 320 g/mol. The maximum absolute atomic E-state index is 3.76. The van der Waals surface area contributed by atoms with Crippen molar-refractivity contribution in [3.63, 3.8) is 0 Å². The summed E-state index contributed by atoms with van der Waals surface area (Å²) in [4.78, 5) is 0. The standard InChI is InChI=1S/C18H16.C2H4N2S/c1-3-7-15-13(5-1)9-11-18-16-8-4-2-6-14(16)10-12-17(15)18;1-2-4-5-3-1/h1,3,5,7,9-12H,2,4,6,8H2;1,4H,2H2. The first-order valence-electron chi connectivity index (χ1n) is 8.26. The van der Waals surface area contributed by atoms with Gasteiger partial charge in [-0.3, -0.25) is 0 Å². The van der Waals surface area contributed by atoms with Gasteiger partial charge in [0.25, 0.3) is 0 Å². The molecule has 0 fully saturated rings. The number of nitrogens with zero attached hydrogens (tertiary/aromatic N) is 1. The highest BCUT2D eigenvalue weighted by Crippen LogP contribution is 2.33.